The van der Waals surface area contributed by atoms with Gasteiger partial charge in [-0.3, -0.25) is 14.0 Å². The maximum absolute atomic E-state index is 12.5. The molecule has 0 saturated carbocycles. The number of carbonyl (C=O) groups excluding carboxylic acids is 1. The minimum absolute atomic E-state index is 0.174. The van der Waals surface area contributed by atoms with Crippen molar-refractivity contribution < 1.29 is 9.53 Å². The summed E-state index contributed by atoms with van der Waals surface area (Å²) in [6.07, 6.45) is -0.213. The highest BCUT2D eigenvalue weighted by Gasteiger charge is 2.16. The van der Waals surface area contributed by atoms with E-state index >= 15 is 0 Å². The molecule has 0 bridgehead atoms. The van der Waals surface area contributed by atoms with E-state index in [1.807, 2.05) is 30.4 Å². The summed E-state index contributed by atoms with van der Waals surface area (Å²) < 4.78 is 9.13. The fourth-order valence-corrected chi connectivity index (χ4v) is 3.49. The van der Waals surface area contributed by atoms with Gasteiger partial charge in [0.15, 0.2) is 0 Å². The van der Waals surface area contributed by atoms with Crippen LogP contribution in [0.1, 0.15) is 24.5 Å². The number of ether oxygens (including phenoxy) is 1. The van der Waals surface area contributed by atoms with Crippen molar-refractivity contribution in [3.8, 4) is 0 Å². The lowest BCUT2D eigenvalue weighted by Crippen LogP contribution is -2.30. The van der Waals surface area contributed by atoms with Crippen LogP contribution in [0.3, 0.4) is 0 Å². The minimum Gasteiger partial charge on any atom is -0.462 e. The van der Waals surface area contributed by atoms with E-state index in [4.69, 9.17) is 4.74 Å². The molecule has 0 atom stereocenters. The molecule has 3 aromatic rings. The van der Waals surface area contributed by atoms with Crippen LogP contribution in [0.25, 0.3) is 15.7 Å². The molecule has 0 amide bonds. The molecule has 0 radical (unpaired) electrons. The average Bonchev–Trinajstić information content (AvgIpc) is 2.90. The van der Waals surface area contributed by atoms with Gasteiger partial charge in [-0.2, -0.15) is 5.10 Å². The highest BCUT2D eigenvalue weighted by atomic mass is 32.1. The fourth-order valence-electron chi connectivity index (χ4n) is 2.55. The Kier molecular flexibility index (Phi) is 3.52. The Morgan fingerprint density at radius 3 is 2.73 bits per heavy atom. The van der Waals surface area contributed by atoms with Gasteiger partial charge in [-0.25, -0.2) is 4.68 Å². The standard InChI is InChI=1S/C15H17N3O3S/c1-8(2)21-14(19)7-17-15(20)12-6-13-11(5-9(3)22-13)18(12)10(4)16-17/h5-6,8H,7H2,1-4H3. The molecule has 0 aliphatic carbocycles. The van der Waals surface area contributed by atoms with Crippen LogP contribution in [0.5, 0.6) is 0 Å². The molecular weight excluding hydrogens is 302 g/mol. The third-order valence-corrected chi connectivity index (χ3v) is 4.29. The van der Waals surface area contributed by atoms with Gasteiger partial charge in [0.05, 0.1) is 16.3 Å². The largest absolute Gasteiger partial charge is 0.462 e. The van der Waals surface area contributed by atoms with Crippen LogP contribution in [0.2, 0.25) is 0 Å². The second-order valence-electron chi connectivity index (χ2n) is 5.52. The van der Waals surface area contributed by atoms with Crippen molar-refractivity contribution in [3.63, 3.8) is 0 Å². The number of thiophene rings is 1. The van der Waals surface area contributed by atoms with Crippen molar-refractivity contribution in [3.05, 3.63) is 33.2 Å². The van der Waals surface area contributed by atoms with E-state index in [0.29, 0.717) is 11.3 Å². The highest BCUT2D eigenvalue weighted by Crippen LogP contribution is 2.27. The van der Waals surface area contributed by atoms with Gasteiger partial charge in [0, 0.05) is 4.88 Å². The van der Waals surface area contributed by atoms with E-state index in [-0.39, 0.29) is 18.2 Å². The summed E-state index contributed by atoms with van der Waals surface area (Å²) in [6, 6.07) is 3.90. The summed E-state index contributed by atoms with van der Waals surface area (Å²) in [5.74, 6) is 0.206. The van der Waals surface area contributed by atoms with Crippen LogP contribution < -0.4 is 5.56 Å². The number of aromatic nitrogens is 3. The summed E-state index contributed by atoms with van der Waals surface area (Å²) in [7, 11) is 0. The van der Waals surface area contributed by atoms with Gasteiger partial charge in [0.2, 0.25) is 0 Å². The lowest BCUT2D eigenvalue weighted by Gasteiger charge is -2.10. The van der Waals surface area contributed by atoms with Crippen LogP contribution in [0.4, 0.5) is 0 Å². The molecule has 0 fully saturated rings. The van der Waals surface area contributed by atoms with E-state index in [9.17, 15) is 9.59 Å². The zero-order chi connectivity index (χ0) is 16.0. The number of fused-ring (bicyclic) bond motifs is 3. The lowest BCUT2D eigenvalue weighted by molar-refractivity contribution is -0.148. The van der Waals surface area contributed by atoms with Crippen molar-refractivity contribution in [1.82, 2.24) is 14.2 Å². The van der Waals surface area contributed by atoms with E-state index < -0.39 is 5.97 Å². The number of rotatable bonds is 3. The monoisotopic (exact) mass is 319 g/mol. The molecule has 3 rings (SSSR count). The zero-order valence-corrected chi connectivity index (χ0v) is 13.7. The lowest BCUT2D eigenvalue weighted by atomic mass is 10.4. The quantitative estimate of drug-likeness (QED) is 0.695. The Bertz CT molecular complexity index is 933. The van der Waals surface area contributed by atoms with Crippen LogP contribution >= 0.6 is 11.3 Å². The Morgan fingerprint density at radius 1 is 1.32 bits per heavy atom. The molecule has 0 aliphatic rings. The topological polar surface area (TPSA) is 65.6 Å². The molecule has 0 saturated heterocycles. The maximum atomic E-state index is 12.5. The van der Waals surface area contributed by atoms with Crippen LogP contribution in [0, 0.1) is 13.8 Å². The summed E-state index contributed by atoms with van der Waals surface area (Å²) >= 11 is 1.64. The number of hydrogen-bond acceptors (Lipinski definition) is 5. The predicted molar refractivity (Wildman–Crippen MR) is 85.5 cm³/mol. The number of aryl methyl sites for hydroxylation is 2. The van der Waals surface area contributed by atoms with Crippen LogP contribution in [0.15, 0.2) is 16.9 Å². The molecule has 0 N–H and O–H groups in total. The zero-order valence-electron chi connectivity index (χ0n) is 12.9. The Morgan fingerprint density at radius 2 is 2.05 bits per heavy atom. The molecule has 0 aliphatic heterocycles. The van der Waals surface area contributed by atoms with E-state index in [1.165, 1.54) is 9.56 Å². The van der Waals surface area contributed by atoms with Gasteiger partial charge < -0.3 is 4.74 Å². The smallest absolute Gasteiger partial charge is 0.328 e. The summed E-state index contributed by atoms with van der Waals surface area (Å²) in [6.45, 7) is 7.22. The summed E-state index contributed by atoms with van der Waals surface area (Å²) in [5.41, 5.74) is 1.23. The number of carbonyl (C=O) groups is 1. The SMILES string of the molecule is Cc1cc2c(cc3c(=O)n(CC(=O)OC(C)C)nc(C)n32)s1. The van der Waals surface area contributed by atoms with Gasteiger partial charge in [-0.05, 0) is 39.8 Å². The van der Waals surface area contributed by atoms with Gasteiger partial charge in [-0.1, -0.05) is 0 Å². The molecule has 0 aromatic carbocycles. The molecule has 7 heteroatoms. The first kappa shape index (κ1) is 14.8. The number of nitrogens with zero attached hydrogens (tertiary/aromatic N) is 3. The fraction of sp³-hybridized carbons (Fsp3) is 0.400. The number of esters is 1. The number of hydrogen-bond donors (Lipinski definition) is 0. The average molecular weight is 319 g/mol. The highest BCUT2D eigenvalue weighted by molar-refractivity contribution is 7.19. The third kappa shape index (κ3) is 2.41. The molecule has 22 heavy (non-hydrogen) atoms. The van der Waals surface area contributed by atoms with E-state index in [0.717, 1.165) is 10.2 Å². The van der Waals surface area contributed by atoms with E-state index in [2.05, 4.69) is 5.10 Å². The van der Waals surface area contributed by atoms with Gasteiger partial charge >= 0.3 is 5.97 Å². The first-order valence-corrected chi connectivity index (χ1v) is 7.87. The van der Waals surface area contributed by atoms with Crippen molar-refractivity contribution >= 4 is 33.0 Å². The molecule has 0 unspecified atom stereocenters. The molecule has 3 heterocycles. The van der Waals surface area contributed by atoms with E-state index in [1.54, 1.807) is 25.2 Å². The van der Waals surface area contributed by atoms with Gasteiger partial charge in [0.1, 0.15) is 17.9 Å². The Labute approximate surface area is 130 Å². The van der Waals surface area contributed by atoms with Crippen molar-refractivity contribution in [2.24, 2.45) is 0 Å². The minimum atomic E-state index is -0.461. The molecule has 116 valence electrons. The molecule has 6 nitrogen and oxygen atoms in total. The Hall–Kier alpha value is -2.15. The first-order valence-electron chi connectivity index (χ1n) is 7.05. The second kappa shape index (κ2) is 5.24. The van der Waals surface area contributed by atoms with Crippen LogP contribution in [-0.4, -0.2) is 26.3 Å². The molecular formula is C15H17N3O3S. The van der Waals surface area contributed by atoms with Crippen molar-refractivity contribution in [2.45, 2.75) is 40.3 Å². The van der Waals surface area contributed by atoms with Gasteiger partial charge in [-0.15, -0.1) is 11.3 Å². The summed E-state index contributed by atoms with van der Waals surface area (Å²) in [4.78, 5) is 25.5. The maximum Gasteiger partial charge on any atom is 0.328 e. The van der Waals surface area contributed by atoms with Crippen LogP contribution in [-0.2, 0) is 16.1 Å². The van der Waals surface area contributed by atoms with Gasteiger partial charge in [0.25, 0.3) is 5.56 Å². The predicted octanol–water partition coefficient (Wildman–Crippen LogP) is 2.28. The normalized spacial score (nSPS) is 11.7. The first-order chi connectivity index (χ1) is 10.4. The molecule has 0 spiro atoms. The molecule has 3 aromatic heterocycles. The Balaban J connectivity index is 2.12. The second-order valence-corrected chi connectivity index (χ2v) is 6.81. The van der Waals surface area contributed by atoms with Crippen molar-refractivity contribution in [2.75, 3.05) is 0 Å². The summed E-state index contributed by atoms with van der Waals surface area (Å²) in [5, 5.41) is 4.25. The third-order valence-electron chi connectivity index (χ3n) is 3.30. The van der Waals surface area contributed by atoms with Crippen molar-refractivity contribution in [1.29, 1.82) is 0 Å².